The molecule has 3 nitrogen and oxygen atoms in total. The quantitative estimate of drug-likeness (QED) is 0.799. The van der Waals surface area contributed by atoms with Gasteiger partial charge in [-0.25, -0.2) is 8.42 Å². The van der Waals surface area contributed by atoms with Crippen LogP contribution in [0.1, 0.15) is 31.2 Å². The minimum Gasteiger partial charge on any atom is -0.369 e. The zero-order valence-corrected chi connectivity index (χ0v) is 12.2. The number of rotatable bonds is 1. The Kier molecular flexibility index (Phi) is 3.31. The molecular weight excluding hydrogens is 282 g/mol. The average Bonchev–Trinajstić information content (AvgIpc) is 2.61. The van der Waals surface area contributed by atoms with Crippen molar-refractivity contribution in [2.45, 2.75) is 30.6 Å². The van der Waals surface area contributed by atoms with E-state index in [0.29, 0.717) is 10.6 Å². The van der Waals surface area contributed by atoms with Crippen LogP contribution in [0, 0.1) is 0 Å². The van der Waals surface area contributed by atoms with Crippen molar-refractivity contribution in [1.29, 1.82) is 0 Å². The molecule has 1 aromatic carbocycles. The summed E-state index contributed by atoms with van der Waals surface area (Å²) in [5.74, 6) is 0. The van der Waals surface area contributed by atoms with Crippen LogP contribution in [0.2, 0.25) is 0 Å². The molecule has 0 atom stereocenters. The largest absolute Gasteiger partial charge is 0.369 e. The van der Waals surface area contributed by atoms with Crippen LogP contribution in [-0.4, -0.2) is 26.4 Å². The molecular formula is C14H16ClNO2S. The van der Waals surface area contributed by atoms with Crippen molar-refractivity contribution in [2.75, 3.05) is 13.1 Å². The van der Waals surface area contributed by atoms with E-state index in [1.165, 1.54) is 12.8 Å². The Bertz CT molecular complexity index is 629. The minimum atomic E-state index is -3.49. The number of hydrogen-bond acceptors (Lipinski definition) is 3. The lowest BCUT2D eigenvalue weighted by Gasteiger charge is -2.24. The maximum atomic E-state index is 12.3. The third-order valence-electron chi connectivity index (χ3n) is 3.78. The standard InChI is InChI=1S/C14H16ClNO2S/c15-14-13(16-9-5-1-2-6-10-16)11-7-3-4-8-12(11)19(14,17)18/h3-4,7-8H,1-2,5-6,9-10H2. The minimum absolute atomic E-state index is 0.00407. The zero-order valence-electron chi connectivity index (χ0n) is 10.6. The second kappa shape index (κ2) is 4.84. The van der Waals surface area contributed by atoms with Gasteiger partial charge in [-0.15, -0.1) is 0 Å². The SMILES string of the molecule is O=S1(=O)C(Cl)=C(N2CCCCCC2)c2ccccc21. The Morgan fingerprint density at radius 2 is 1.63 bits per heavy atom. The van der Waals surface area contributed by atoms with Gasteiger partial charge in [0.1, 0.15) is 0 Å². The van der Waals surface area contributed by atoms with Gasteiger partial charge in [-0.1, -0.05) is 42.6 Å². The van der Waals surface area contributed by atoms with E-state index >= 15 is 0 Å². The molecule has 2 aliphatic rings. The molecule has 0 bridgehead atoms. The molecule has 2 heterocycles. The molecule has 0 spiro atoms. The first-order valence-corrected chi connectivity index (χ1v) is 8.48. The van der Waals surface area contributed by atoms with Gasteiger partial charge in [0.05, 0.1) is 10.6 Å². The van der Waals surface area contributed by atoms with Gasteiger partial charge in [0.25, 0.3) is 0 Å². The second-order valence-corrected chi connectivity index (χ2v) is 7.48. The third kappa shape index (κ3) is 2.07. The molecule has 0 N–H and O–H groups in total. The van der Waals surface area contributed by atoms with Crippen LogP contribution < -0.4 is 0 Å². The van der Waals surface area contributed by atoms with Gasteiger partial charge >= 0.3 is 0 Å². The van der Waals surface area contributed by atoms with Crippen LogP contribution in [0.15, 0.2) is 33.5 Å². The monoisotopic (exact) mass is 297 g/mol. The van der Waals surface area contributed by atoms with E-state index < -0.39 is 9.84 Å². The van der Waals surface area contributed by atoms with Crippen LogP contribution in [-0.2, 0) is 9.84 Å². The predicted octanol–water partition coefficient (Wildman–Crippen LogP) is 3.21. The predicted molar refractivity (Wildman–Crippen MR) is 76.4 cm³/mol. The Morgan fingerprint density at radius 3 is 2.32 bits per heavy atom. The molecule has 5 heteroatoms. The van der Waals surface area contributed by atoms with Gasteiger partial charge in [0.15, 0.2) is 4.36 Å². The summed E-state index contributed by atoms with van der Waals surface area (Å²) in [7, 11) is -3.49. The summed E-state index contributed by atoms with van der Waals surface area (Å²) in [6, 6.07) is 7.09. The summed E-state index contributed by atoms with van der Waals surface area (Å²) in [6.07, 6.45) is 4.59. The lowest BCUT2D eigenvalue weighted by Crippen LogP contribution is -2.23. The van der Waals surface area contributed by atoms with Gasteiger partial charge < -0.3 is 4.90 Å². The van der Waals surface area contributed by atoms with Gasteiger partial charge in [0, 0.05) is 18.7 Å². The van der Waals surface area contributed by atoms with Crippen molar-refractivity contribution in [2.24, 2.45) is 0 Å². The third-order valence-corrected chi connectivity index (χ3v) is 6.16. The molecule has 1 saturated heterocycles. The summed E-state index contributed by atoms with van der Waals surface area (Å²) in [4.78, 5) is 2.48. The van der Waals surface area contributed by atoms with Gasteiger partial charge in [0.2, 0.25) is 9.84 Å². The lowest BCUT2D eigenvalue weighted by molar-refractivity contribution is 0.413. The van der Waals surface area contributed by atoms with Crippen molar-refractivity contribution < 1.29 is 8.42 Å². The fourth-order valence-corrected chi connectivity index (χ4v) is 4.68. The number of hydrogen-bond donors (Lipinski definition) is 0. The van der Waals surface area contributed by atoms with E-state index in [1.807, 2.05) is 12.1 Å². The second-order valence-electron chi connectivity index (χ2n) is 5.02. The normalized spacial score (nSPS) is 22.3. The van der Waals surface area contributed by atoms with Gasteiger partial charge in [-0.05, 0) is 18.9 Å². The highest BCUT2D eigenvalue weighted by Crippen LogP contribution is 2.43. The average molecular weight is 298 g/mol. The molecule has 1 aromatic rings. The summed E-state index contributed by atoms with van der Waals surface area (Å²) < 4.78 is 24.6. The molecule has 0 aliphatic carbocycles. The van der Waals surface area contributed by atoms with E-state index in [0.717, 1.165) is 31.5 Å². The van der Waals surface area contributed by atoms with Crippen molar-refractivity contribution in [3.05, 3.63) is 34.2 Å². The topological polar surface area (TPSA) is 37.4 Å². The van der Waals surface area contributed by atoms with Crippen LogP contribution in [0.3, 0.4) is 0 Å². The van der Waals surface area contributed by atoms with Gasteiger partial charge in [-0.3, -0.25) is 0 Å². The van der Waals surface area contributed by atoms with Crippen LogP contribution >= 0.6 is 11.6 Å². The van der Waals surface area contributed by atoms with Crippen molar-refractivity contribution in [3.8, 4) is 0 Å². The Labute approximate surface area is 118 Å². The van der Waals surface area contributed by atoms with Crippen molar-refractivity contribution in [3.63, 3.8) is 0 Å². The Hall–Kier alpha value is -1.00. The summed E-state index contributed by atoms with van der Waals surface area (Å²) in [5, 5.41) is 0. The highest BCUT2D eigenvalue weighted by atomic mass is 35.5. The number of sulfone groups is 1. The maximum Gasteiger partial charge on any atom is 0.220 e. The first-order chi connectivity index (χ1) is 9.12. The van der Waals surface area contributed by atoms with E-state index in [9.17, 15) is 8.42 Å². The first-order valence-electron chi connectivity index (χ1n) is 6.61. The first kappa shape index (κ1) is 13.0. The smallest absolute Gasteiger partial charge is 0.220 e. The maximum absolute atomic E-state index is 12.3. The molecule has 19 heavy (non-hydrogen) atoms. The zero-order chi connectivity index (χ0) is 13.5. The number of fused-ring (bicyclic) bond motifs is 1. The summed E-state index contributed by atoms with van der Waals surface area (Å²) in [6.45, 7) is 1.77. The molecule has 0 unspecified atom stereocenters. The van der Waals surface area contributed by atoms with Crippen LogP contribution in [0.4, 0.5) is 0 Å². The lowest BCUT2D eigenvalue weighted by atomic mass is 10.1. The fraction of sp³-hybridized carbons (Fsp3) is 0.429. The van der Waals surface area contributed by atoms with Gasteiger partial charge in [-0.2, -0.15) is 0 Å². The molecule has 0 radical (unpaired) electrons. The van der Waals surface area contributed by atoms with E-state index in [4.69, 9.17) is 11.6 Å². The molecule has 0 saturated carbocycles. The molecule has 102 valence electrons. The Balaban J connectivity index is 2.12. The highest BCUT2D eigenvalue weighted by Gasteiger charge is 2.36. The van der Waals surface area contributed by atoms with Crippen LogP contribution in [0.25, 0.3) is 5.70 Å². The van der Waals surface area contributed by atoms with E-state index in [-0.39, 0.29) is 4.36 Å². The molecule has 3 rings (SSSR count). The van der Waals surface area contributed by atoms with E-state index in [2.05, 4.69) is 4.90 Å². The number of halogens is 1. The molecule has 0 aromatic heterocycles. The molecule has 0 amide bonds. The van der Waals surface area contributed by atoms with Crippen LogP contribution in [0.5, 0.6) is 0 Å². The number of benzene rings is 1. The number of likely N-dealkylation sites (tertiary alicyclic amines) is 1. The molecule has 2 aliphatic heterocycles. The number of nitrogens with zero attached hydrogens (tertiary/aromatic N) is 1. The van der Waals surface area contributed by atoms with E-state index in [1.54, 1.807) is 12.1 Å². The highest BCUT2D eigenvalue weighted by molar-refractivity contribution is 7.97. The Morgan fingerprint density at radius 1 is 1.00 bits per heavy atom. The molecule has 1 fully saturated rings. The summed E-state index contributed by atoms with van der Waals surface area (Å²) >= 11 is 6.17. The summed E-state index contributed by atoms with van der Waals surface area (Å²) in [5.41, 5.74) is 1.47. The fourth-order valence-electron chi connectivity index (χ4n) is 2.82. The van der Waals surface area contributed by atoms with Crippen molar-refractivity contribution >= 4 is 27.1 Å². The van der Waals surface area contributed by atoms with Crippen molar-refractivity contribution in [1.82, 2.24) is 4.90 Å².